The first-order valence-corrected chi connectivity index (χ1v) is 11.3. The molecule has 8 heteroatoms. The number of benzene rings is 1. The van der Waals surface area contributed by atoms with Gasteiger partial charge < -0.3 is 29.6 Å². The lowest BCUT2D eigenvalue weighted by Crippen LogP contribution is -2.32. The molecule has 0 spiro atoms. The number of nitrogens with zero attached hydrogens (tertiary/aromatic N) is 2. The minimum atomic E-state index is 0.497. The standard InChI is InChI=1S/C24H32N4O4/c1-29-23-14-19(8-10-25-23)16-27-24(26-9-2-11-30-17-18-4-5-18)28-20-6-7-21-22(15-20)32-13-3-12-31-21/h6-8,10,14-15,18H,2-5,9,11-13,16-17H2,1H3,(H2,26,27,28). The number of ether oxygens (including phenoxy) is 4. The molecule has 8 nitrogen and oxygen atoms in total. The van der Waals surface area contributed by atoms with E-state index in [4.69, 9.17) is 23.9 Å². The van der Waals surface area contributed by atoms with Crippen molar-refractivity contribution in [2.45, 2.75) is 32.2 Å². The highest BCUT2D eigenvalue weighted by Gasteiger charge is 2.20. The summed E-state index contributed by atoms with van der Waals surface area (Å²) in [7, 11) is 1.61. The first-order valence-electron chi connectivity index (χ1n) is 11.3. The second-order valence-electron chi connectivity index (χ2n) is 8.01. The largest absolute Gasteiger partial charge is 0.490 e. The van der Waals surface area contributed by atoms with Crippen molar-refractivity contribution in [3.8, 4) is 17.4 Å². The van der Waals surface area contributed by atoms with E-state index in [0.717, 1.165) is 61.3 Å². The van der Waals surface area contributed by atoms with E-state index < -0.39 is 0 Å². The fraction of sp³-hybridized carbons (Fsp3) is 0.500. The van der Waals surface area contributed by atoms with E-state index in [1.807, 2.05) is 30.3 Å². The Morgan fingerprint density at radius 2 is 2.03 bits per heavy atom. The van der Waals surface area contributed by atoms with E-state index in [-0.39, 0.29) is 0 Å². The van der Waals surface area contributed by atoms with E-state index in [9.17, 15) is 0 Å². The molecule has 0 atom stereocenters. The van der Waals surface area contributed by atoms with E-state index in [1.54, 1.807) is 13.3 Å². The molecule has 2 N–H and O–H groups in total. The van der Waals surface area contributed by atoms with Crippen molar-refractivity contribution in [2.24, 2.45) is 10.9 Å². The van der Waals surface area contributed by atoms with Gasteiger partial charge in [0, 0.05) is 50.2 Å². The second-order valence-corrected chi connectivity index (χ2v) is 8.01. The van der Waals surface area contributed by atoms with Gasteiger partial charge in [-0.3, -0.25) is 0 Å². The predicted octanol–water partition coefficient (Wildman–Crippen LogP) is 3.63. The van der Waals surface area contributed by atoms with Crippen LogP contribution in [0.4, 0.5) is 5.69 Å². The molecule has 2 aromatic rings. The molecule has 0 saturated heterocycles. The number of anilines is 1. The number of aromatic nitrogens is 1. The Morgan fingerprint density at radius 3 is 2.88 bits per heavy atom. The maximum atomic E-state index is 5.81. The number of pyridine rings is 1. The monoisotopic (exact) mass is 440 g/mol. The minimum absolute atomic E-state index is 0.497. The molecule has 0 radical (unpaired) electrons. The van der Waals surface area contributed by atoms with Crippen LogP contribution in [-0.4, -0.2) is 51.0 Å². The molecule has 1 aromatic carbocycles. The van der Waals surface area contributed by atoms with Crippen LogP contribution in [0.25, 0.3) is 0 Å². The molecular formula is C24H32N4O4. The SMILES string of the molecule is COc1cc(CN=C(NCCCOCC2CC2)Nc2ccc3c(c2)OCCCO3)ccn1. The number of aliphatic imine (C=N–C) groups is 1. The van der Waals surface area contributed by atoms with Crippen LogP contribution in [0.1, 0.15) is 31.2 Å². The lowest BCUT2D eigenvalue weighted by Gasteiger charge is -2.15. The maximum Gasteiger partial charge on any atom is 0.213 e. The summed E-state index contributed by atoms with van der Waals surface area (Å²) in [4.78, 5) is 8.90. The van der Waals surface area contributed by atoms with Crippen molar-refractivity contribution in [2.75, 3.05) is 45.4 Å². The number of rotatable bonds is 10. The summed E-state index contributed by atoms with van der Waals surface area (Å²) >= 11 is 0. The van der Waals surface area contributed by atoms with Gasteiger partial charge in [0.25, 0.3) is 0 Å². The number of fused-ring (bicyclic) bond motifs is 1. The Morgan fingerprint density at radius 1 is 1.16 bits per heavy atom. The Labute approximate surface area is 189 Å². The molecule has 1 aliphatic carbocycles. The quantitative estimate of drug-likeness (QED) is 0.331. The summed E-state index contributed by atoms with van der Waals surface area (Å²) < 4.78 is 22.5. The molecular weight excluding hydrogens is 408 g/mol. The first kappa shape index (κ1) is 22.2. The van der Waals surface area contributed by atoms with Crippen LogP contribution in [0, 0.1) is 5.92 Å². The highest BCUT2D eigenvalue weighted by molar-refractivity contribution is 5.93. The van der Waals surface area contributed by atoms with Crippen LogP contribution in [0.3, 0.4) is 0 Å². The van der Waals surface area contributed by atoms with Gasteiger partial charge in [0.1, 0.15) is 0 Å². The average molecular weight is 441 g/mol. The van der Waals surface area contributed by atoms with Gasteiger partial charge in [-0.15, -0.1) is 0 Å². The predicted molar refractivity (Wildman–Crippen MR) is 124 cm³/mol. The van der Waals surface area contributed by atoms with E-state index >= 15 is 0 Å². The maximum absolute atomic E-state index is 5.81. The fourth-order valence-electron chi connectivity index (χ4n) is 3.26. The Balaban J connectivity index is 1.38. The number of hydrogen-bond acceptors (Lipinski definition) is 6. The van der Waals surface area contributed by atoms with Gasteiger partial charge in [0.2, 0.25) is 5.88 Å². The summed E-state index contributed by atoms with van der Waals surface area (Å²) in [5.41, 5.74) is 1.90. The molecule has 32 heavy (non-hydrogen) atoms. The van der Waals surface area contributed by atoms with Crippen LogP contribution >= 0.6 is 0 Å². The summed E-state index contributed by atoms with van der Waals surface area (Å²) in [6, 6.07) is 9.67. The second kappa shape index (κ2) is 11.6. The van der Waals surface area contributed by atoms with E-state index in [1.165, 1.54) is 12.8 Å². The Hall–Kier alpha value is -3.00. The normalized spacial score (nSPS) is 15.7. The third-order valence-electron chi connectivity index (χ3n) is 5.25. The number of hydrogen-bond donors (Lipinski definition) is 2. The fourth-order valence-corrected chi connectivity index (χ4v) is 3.26. The summed E-state index contributed by atoms with van der Waals surface area (Å²) in [6.07, 6.45) is 6.15. The van der Waals surface area contributed by atoms with Crippen LogP contribution in [-0.2, 0) is 11.3 Å². The molecule has 2 heterocycles. The molecule has 1 aromatic heterocycles. The van der Waals surface area contributed by atoms with Crippen molar-refractivity contribution >= 4 is 11.6 Å². The van der Waals surface area contributed by atoms with Gasteiger partial charge in [-0.25, -0.2) is 9.98 Å². The van der Waals surface area contributed by atoms with Crippen LogP contribution in [0.2, 0.25) is 0 Å². The van der Waals surface area contributed by atoms with Gasteiger partial charge in [-0.1, -0.05) is 0 Å². The van der Waals surface area contributed by atoms with Gasteiger partial charge in [-0.05, 0) is 48.9 Å². The highest BCUT2D eigenvalue weighted by atomic mass is 16.5. The summed E-state index contributed by atoms with van der Waals surface area (Å²) in [5.74, 6) is 3.59. The molecule has 0 bridgehead atoms. The van der Waals surface area contributed by atoms with Crippen LogP contribution in [0.5, 0.6) is 17.4 Å². The molecule has 0 unspecified atom stereocenters. The lowest BCUT2D eigenvalue weighted by molar-refractivity contribution is 0.123. The topological polar surface area (TPSA) is 86.2 Å². The zero-order chi connectivity index (χ0) is 22.0. The molecule has 172 valence electrons. The third-order valence-corrected chi connectivity index (χ3v) is 5.25. The van der Waals surface area contributed by atoms with E-state index in [0.29, 0.717) is 31.6 Å². The number of methoxy groups -OCH3 is 1. The van der Waals surface area contributed by atoms with Crippen molar-refractivity contribution in [3.05, 3.63) is 42.1 Å². The van der Waals surface area contributed by atoms with E-state index in [2.05, 4.69) is 15.6 Å². The lowest BCUT2D eigenvalue weighted by atomic mass is 10.2. The van der Waals surface area contributed by atoms with Gasteiger partial charge >= 0.3 is 0 Å². The Bertz CT molecular complexity index is 901. The third kappa shape index (κ3) is 7.02. The zero-order valence-electron chi connectivity index (χ0n) is 18.6. The zero-order valence-corrected chi connectivity index (χ0v) is 18.6. The number of guanidine groups is 1. The van der Waals surface area contributed by atoms with Gasteiger partial charge in [0.15, 0.2) is 17.5 Å². The van der Waals surface area contributed by atoms with Crippen molar-refractivity contribution in [1.29, 1.82) is 0 Å². The molecule has 1 saturated carbocycles. The molecule has 1 aliphatic heterocycles. The Kier molecular flexibility index (Phi) is 8.03. The van der Waals surface area contributed by atoms with Gasteiger partial charge in [-0.2, -0.15) is 0 Å². The van der Waals surface area contributed by atoms with Crippen LogP contribution in [0.15, 0.2) is 41.5 Å². The summed E-state index contributed by atoms with van der Waals surface area (Å²) in [5, 5.41) is 6.79. The molecule has 4 rings (SSSR count). The minimum Gasteiger partial charge on any atom is -0.490 e. The first-order chi connectivity index (χ1) is 15.8. The number of nitrogens with one attached hydrogen (secondary N) is 2. The van der Waals surface area contributed by atoms with Crippen molar-refractivity contribution in [3.63, 3.8) is 0 Å². The average Bonchev–Trinajstić information content (AvgIpc) is 3.66. The molecule has 1 fully saturated rings. The van der Waals surface area contributed by atoms with Crippen molar-refractivity contribution < 1.29 is 18.9 Å². The molecule has 0 amide bonds. The van der Waals surface area contributed by atoms with Crippen molar-refractivity contribution in [1.82, 2.24) is 10.3 Å². The van der Waals surface area contributed by atoms with Gasteiger partial charge in [0.05, 0.1) is 26.9 Å². The molecule has 2 aliphatic rings. The summed E-state index contributed by atoms with van der Waals surface area (Å²) in [6.45, 7) is 4.23. The highest BCUT2D eigenvalue weighted by Crippen LogP contribution is 2.32. The van der Waals surface area contributed by atoms with Crippen LogP contribution < -0.4 is 24.8 Å². The smallest absolute Gasteiger partial charge is 0.213 e.